The highest BCUT2D eigenvalue weighted by Crippen LogP contribution is 2.45. The first-order valence-corrected chi connectivity index (χ1v) is 12.8. The number of furan rings is 1. The minimum absolute atomic E-state index is 0.109. The molecular formula is C27H26ClN5O6. The predicted molar refractivity (Wildman–Crippen MR) is 143 cm³/mol. The van der Waals surface area contributed by atoms with Crippen LogP contribution in [0, 0.1) is 10.1 Å². The van der Waals surface area contributed by atoms with Crippen molar-refractivity contribution < 1.29 is 23.7 Å². The summed E-state index contributed by atoms with van der Waals surface area (Å²) in [5.74, 6) is 0.221. The van der Waals surface area contributed by atoms with Crippen LogP contribution in [0.25, 0.3) is 0 Å². The molecule has 0 bridgehead atoms. The number of rotatable bonds is 6. The van der Waals surface area contributed by atoms with E-state index in [1.807, 2.05) is 12.1 Å². The van der Waals surface area contributed by atoms with Gasteiger partial charge in [0.05, 0.1) is 41.2 Å². The molecule has 1 fully saturated rings. The smallest absolute Gasteiger partial charge is 0.326 e. The Balaban J connectivity index is 1.70. The number of amides is 3. The summed E-state index contributed by atoms with van der Waals surface area (Å²) in [4.78, 5) is 45.4. The van der Waals surface area contributed by atoms with Crippen molar-refractivity contribution in [1.82, 2.24) is 15.1 Å². The maximum absolute atomic E-state index is 14.2. The Morgan fingerprint density at radius 3 is 2.62 bits per heavy atom. The van der Waals surface area contributed by atoms with Crippen molar-refractivity contribution in [2.24, 2.45) is 4.99 Å². The van der Waals surface area contributed by atoms with Crippen LogP contribution in [0.2, 0.25) is 5.02 Å². The fraction of sp³-hybridized carbons (Fsp3) is 0.296. The summed E-state index contributed by atoms with van der Waals surface area (Å²) in [6.45, 7) is 4.13. The monoisotopic (exact) mass is 551 g/mol. The van der Waals surface area contributed by atoms with Gasteiger partial charge in [-0.1, -0.05) is 23.7 Å². The average Bonchev–Trinajstić information content (AvgIpc) is 3.57. The number of nitrogens with zero attached hydrogens (tertiary/aromatic N) is 4. The van der Waals surface area contributed by atoms with Crippen LogP contribution >= 0.6 is 11.6 Å². The van der Waals surface area contributed by atoms with Crippen molar-refractivity contribution in [2.75, 3.05) is 19.6 Å². The molecule has 2 aliphatic heterocycles. The molecule has 2 atom stereocenters. The van der Waals surface area contributed by atoms with Gasteiger partial charge < -0.3 is 19.4 Å². The van der Waals surface area contributed by atoms with Gasteiger partial charge in [0, 0.05) is 29.7 Å². The number of piperazine rings is 1. The molecule has 5 rings (SSSR count). The quantitative estimate of drug-likeness (QED) is 0.348. The minimum atomic E-state index is -0.630. The minimum Gasteiger partial charge on any atom is -0.490 e. The molecule has 39 heavy (non-hydrogen) atoms. The zero-order valence-corrected chi connectivity index (χ0v) is 22.0. The van der Waals surface area contributed by atoms with Crippen LogP contribution in [0.1, 0.15) is 42.6 Å². The van der Waals surface area contributed by atoms with Crippen LogP contribution in [-0.2, 0) is 4.79 Å². The third-order valence-corrected chi connectivity index (χ3v) is 6.71. The molecule has 12 heteroatoms. The lowest BCUT2D eigenvalue weighted by Gasteiger charge is -2.35. The molecule has 0 spiro atoms. The molecule has 0 radical (unpaired) electrons. The number of halogens is 1. The van der Waals surface area contributed by atoms with E-state index >= 15 is 0 Å². The van der Waals surface area contributed by atoms with E-state index in [0.717, 1.165) is 11.1 Å². The fourth-order valence-electron chi connectivity index (χ4n) is 4.75. The first-order valence-electron chi connectivity index (χ1n) is 12.4. The summed E-state index contributed by atoms with van der Waals surface area (Å²) in [7, 11) is 0. The maximum atomic E-state index is 14.2. The molecule has 202 valence electrons. The van der Waals surface area contributed by atoms with Gasteiger partial charge in [0.15, 0.2) is 0 Å². The highest BCUT2D eigenvalue weighted by Gasteiger charge is 2.45. The SMILES string of the molecule is CC(C)Oc1cc([N+](=O)[O-])ccc1C1=N[C@@H](c2ccoc2)[C@@H](c2ccc(Cl)cc2)N1C(=O)N1CCNC(=O)C1. The summed E-state index contributed by atoms with van der Waals surface area (Å²) in [5.41, 5.74) is 1.74. The number of nitrogens with one attached hydrogen (secondary N) is 1. The van der Waals surface area contributed by atoms with E-state index in [2.05, 4.69) is 5.32 Å². The number of ether oxygens (including phenoxy) is 1. The van der Waals surface area contributed by atoms with Gasteiger partial charge in [0.25, 0.3) is 5.69 Å². The number of nitro groups is 1. The lowest BCUT2D eigenvalue weighted by molar-refractivity contribution is -0.384. The average molecular weight is 552 g/mol. The van der Waals surface area contributed by atoms with Gasteiger partial charge in [0.1, 0.15) is 24.2 Å². The third-order valence-electron chi connectivity index (χ3n) is 6.46. The fourth-order valence-corrected chi connectivity index (χ4v) is 4.88. The lowest BCUT2D eigenvalue weighted by atomic mass is 9.95. The molecule has 1 saturated heterocycles. The zero-order chi connectivity index (χ0) is 27.7. The summed E-state index contributed by atoms with van der Waals surface area (Å²) in [5, 5.41) is 14.8. The molecule has 2 aliphatic rings. The predicted octanol–water partition coefficient (Wildman–Crippen LogP) is 4.73. The zero-order valence-electron chi connectivity index (χ0n) is 21.2. The second-order valence-corrected chi connectivity index (χ2v) is 9.92. The summed E-state index contributed by atoms with van der Waals surface area (Å²) in [6.07, 6.45) is 2.79. The highest BCUT2D eigenvalue weighted by atomic mass is 35.5. The number of benzene rings is 2. The molecule has 2 aromatic carbocycles. The van der Waals surface area contributed by atoms with E-state index in [4.69, 9.17) is 25.7 Å². The van der Waals surface area contributed by atoms with E-state index in [9.17, 15) is 19.7 Å². The van der Waals surface area contributed by atoms with E-state index < -0.39 is 23.0 Å². The van der Waals surface area contributed by atoms with Gasteiger partial charge in [-0.15, -0.1) is 0 Å². The Labute approximate surface area is 229 Å². The van der Waals surface area contributed by atoms with Crippen molar-refractivity contribution in [3.63, 3.8) is 0 Å². The van der Waals surface area contributed by atoms with Crippen molar-refractivity contribution >= 4 is 35.1 Å². The van der Waals surface area contributed by atoms with Crippen molar-refractivity contribution in [3.05, 3.63) is 92.9 Å². The van der Waals surface area contributed by atoms with Crippen LogP contribution < -0.4 is 10.1 Å². The Morgan fingerprint density at radius 2 is 1.97 bits per heavy atom. The van der Waals surface area contributed by atoms with Gasteiger partial charge in [-0.05, 0) is 43.7 Å². The molecule has 0 aliphatic carbocycles. The Hall–Kier alpha value is -4.38. The van der Waals surface area contributed by atoms with E-state index in [1.54, 1.807) is 38.3 Å². The largest absolute Gasteiger partial charge is 0.490 e. The third kappa shape index (κ3) is 5.30. The van der Waals surface area contributed by atoms with E-state index in [0.29, 0.717) is 23.7 Å². The number of nitro benzene ring substituents is 1. The molecule has 3 heterocycles. The number of aliphatic imine (C=N–C) groups is 1. The number of carbonyl (C=O) groups is 2. The number of urea groups is 1. The van der Waals surface area contributed by atoms with Crippen LogP contribution in [-0.4, -0.2) is 58.2 Å². The molecular weight excluding hydrogens is 526 g/mol. The van der Waals surface area contributed by atoms with Gasteiger partial charge in [0.2, 0.25) is 5.91 Å². The Kier molecular flexibility index (Phi) is 7.25. The normalized spacial score (nSPS) is 19.2. The van der Waals surface area contributed by atoms with Crippen molar-refractivity contribution in [1.29, 1.82) is 0 Å². The first-order chi connectivity index (χ1) is 18.7. The Bertz CT molecular complexity index is 1420. The summed E-state index contributed by atoms with van der Waals surface area (Å²) < 4.78 is 11.3. The van der Waals surface area contributed by atoms with Gasteiger partial charge in [-0.25, -0.2) is 4.79 Å². The molecule has 0 unspecified atom stereocenters. The molecule has 3 aromatic rings. The van der Waals surface area contributed by atoms with Crippen LogP contribution in [0.3, 0.4) is 0 Å². The van der Waals surface area contributed by atoms with Crippen molar-refractivity contribution in [2.45, 2.75) is 32.0 Å². The van der Waals surface area contributed by atoms with Crippen LogP contribution in [0.15, 0.2) is 70.5 Å². The number of non-ortho nitro benzene ring substituents is 1. The number of hydrogen-bond acceptors (Lipinski definition) is 7. The van der Waals surface area contributed by atoms with Crippen molar-refractivity contribution in [3.8, 4) is 5.75 Å². The highest BCUT2D eigenvalue weighted by molar-refractivity contribution is 6.30. The van der Waals surface area contributed by atoms with Gasteiger partial charge in [-0.2, -0.15) is 0 Å². The van der Waals surface area contributed by atoms with E-state index in [1.165, 1.54) is 34.3 Å². The molecule has 11 nitrogen and oxygen atoms in total. The van der Waals surface area contributed by atoms with Crippen LogP contribution in [0.4, 0.5) is 10.5 Å². The number of carbonyl (C=O) groups excluding carboxylic acids is 2. The van der Waals surface area contributed by atoms with E-state index in [-0.39, 0.29) is 35.8 Å². The summed E-state index contributed by atoms with van der Waals surface area (Å²) in [6, 6.07) is 11.5. The van der Waals surface area contributed by atoms with Crippen LogP contribution in [0.5, 0.6) is 5.75 Å². The topological polar surface area (TPSA) is 131 Å². The second-order valence-electron chi connectivity index (χ2n) is 9.48. The molecule has 3 amide bonds. The lowest BCUT2D eigenvalue weighted by Crippen LogP contribution is -2.55. The van der Waals surface area contributed by atoms with Gasteiger partial charge >= 0.3 is 6.03 Å². The summed E-state index contributed by atoms with van der Waals surface area (Å²) >= 11 is 6.18. The molecule has 1 aromatic heterocycles. The maximum Gasteiger partial charge on any atom is 0.326 e. The first kappa shape index (κ1) is 26.2. The molecule has 1 N–H and O–H groups in total. The number of amidine groups is 1. The standard InChI is InChI=1S/C27H26ClN5O6/c1-16(2)39-22-13-20(33(36)37)7-8-21(22)26-30-24(18-9-12-38-15-18)25(17-3-5-19(28)6-4-17)32(26)27(35)31-11-10-29-23(34)14-31/h3-9,12-13,15-16,24-25H,10-11,14H2,1-2H3,(H,29,34)/t24-,25+/m0/s1. The number of hydrogen-bond donors (Lipinski definition) is 1. The Morgan fingerprint density at radius 1 is 1.21 bits per heavy atom. The molecule has 0 saturated carbocycles. The second kappa shape index (κ2) is 10.8. The van der Waals surface area contributed by atoms with Gasteiger partial charge in [-0.3, -0.25) is 24.8 Å².